The molecular formula is C12H17GeN. The van der Waals surface area contributed by atoms with Crippen LogP contribution in [0, 0.1) is 0 Å². The fourth-order valence-electron chi connectivity index (χ4n) is 3.38. The Labute approximate surface area is 88.3 Å². The molecule has 2 aliphatic heterocycles. The third-order valence-electron chi connectivity index (χ3n) is 4.17. The number of hydrogen-bond acceptors (Lipinski definition) is 1. The van der Waals surface area contributed by atoms with E-state index in [1.807, 2.05) is 6.20 Å². The Morgan fingerprint density at radius 1 is 1.07 bits per heavy atom. The molecule has 1 nitrogen and oxygen atoms in total. The van der Waals surface area contributed by atoms with Gasteiger partial charge in [0.15, 0.2) is 0 Å². The quantitative estimate of drug-likeness (QED) is 0.642. The molecule has 0 atom stereocenters. The van der Waals surface area contributed by atoms with Crippen molar-refractivity contribution in [3.63, 3.8) is 0 Å². The first-order valence-corrected chi connectivity index (χ1v) is 11.3. The van der Waals surface area contributed by atoms with E-state index in [2.05, 4.69) is 17.2 Å². The van der Waals surface area contributed by atoms with E-state index in [0.29, 0.717) is 0 Å². The molecule has 0 radical (unpaired) electrons. The van der Waals surface area contributed by atoms with Crippen molar-refractivity contribution in [2.75, 3.05) is 0 Å². The summed E-state index contributed by atoms with van der Waals surface area (Å²) in [4.78, 5) is 4.35. The Bertz CT molecular complexity index is 336. The van der Waals surface area contributed by atoms with Crippen LogP contribution in [0.2, 0.25) is 15.8 Å². The second kappa shape index (κ2) is 3.37. The van der Waals surface area contributed by atoms with Gasteiger partial charge in [0.1, 0.15) is 0 Å². The van der Waals surface area contributed by atoms with Crippen LogP contribution in [0.3, 0.4) is 0 Å². The van der Waals surface area contributed by atoms with E-state index < -0.39 is 13.3 Å². The van der Waals surface area contributed by atoms with Gasteiger partial charge in [0.25, 0.3) is 0 Å². The number of aromatic nitrogens is 1. The Morgan fingerprint density at radius 2 is 1.93 bits per heavy atom. The van der Waals surface area contributed by atoms with Gasteiger partial charge in [-0.2, -0.15) is 0 Å². The summed E-state index contributed by atoms with van der Waals surface area (Å²) >= 11 is -1.54. The molecule has 0 aromatic carbocycles. The molecule has 74 valence electrons. The minimum atomic E-state index is -1.54. The van der Waals surface area contributed by atoms with Gasteiger partial charge in [0.05, 0.1) is 0 Å². The summed E-state index contributed by atoms with van der Waals surface area (Å²) in [5, 5.41) is 4.76. The number of fused-ring (bicyclic) bond motifs is 2. The normalized spacial score (nSPS) is 23.7. The molecule has 3 heterocycles. The summed E-state index contributed by atoms with van der Waals surface area (Å²) in [6.45, 7) is 0. The summed E-state index contributed by atoms with van der Waals surface area (Å²) in [5.74, 6) is 0. The molecule has 0 N–H and O–H groups in total. The van der Waals surface area contributed by atoms with Gasteiger partial charge in [-0.3, -0.25) is 0 Å². The molecule has 2 heteroatoms. The fraction of sp³-hybridized carbons (Fsp3) is 0.583. The number of rotatable bonds is 0. The summed E-state index contributed by atoms with van der Waals surface area (Å²) in [5.41, 5.74) is 1.65. The third kappa shape index (κ3) is 1.25. The molecule has 1 aromatic rings. The van der Waals surface area contributed by atoms with E-state index in [4.69, 9.17) is 0 Å². The Balaban J connectivity index is 2.03. The predicted molar refractivity (Wildman–Crippen MR) is 61.6 cm³/mol. The molecule has 0 saturated carbocycles. The van der Waals surface area contributed by atoms with Gasteiger partial charge in [-0.1, -0.05) is 0 Å². The van der Waals surface area contributed by atoms with Crippen LogP contribution in [0.25, 0.3) is 0 Å². The SMILES string of the molecule is c1cc2[c](cn1)[Ge]1([CH2]CCC[CH2]1)[CH2]C2. The van der Waals surface area contributed by atoms with E-state index in [0.717, 1.165) is 0 Å². The maximum atomic E-state index is 4.35. The minimum absolute atomic E-state index is 1.37. The number of nitrogens with zero attached hydrogens (tertiary/aromatic N) is 1. The summed E-state index contributed by atoms with van der Waals surface area (Å²) < 4.78 is 1.77. The molecule has 1 spiro atoms. The molecule has 1 saturated heterocycles. The van der Waals surface area contributed by atoms with Crippen molar-refractivity contribution >= 4 is 17.7 Å². The maximum absolute atomic E-state index is 4.35. The molecule has 1 aromatic heterocycles. The standard InChI is InChI=1S/C12H17GeN/c1-2-6-13(7-3-1)8-4-11-5-9-14-10-12(11)13/h5,9-10H,1-4,6-8H2. The number of aryl methyl sites for hydroxylation is 1. The number of pyridine rings is 1. The van der Waals surface area contributed by atoms with Gasteiger partial charge >= 0.3 is 88.1 Å². The average molecular weight is 248 g/mol. The first-order chi connectivity index (χ1) is 6.91. The van der Waals surface area contributed by atoms with Crippen molar-refractivity contribution in [2.45, 2.75) is 41.4 Å². The Hall–Kier alpha value is -0.307. The molecule has 3 rings (SSSR count). The topological polar surface area (TPSA) is 12.9 Å². The molecule has 1 fully saturated rings. The summed E-state index contributed by atoms with van der Waals surface area (Å²) in [6.07, 6.45) is 10.1. The van der Waals surface area contributed by atoms with Crippen molar-refractivity contribution < 1.29 is 0 Å². The van der Waals surface area contributed by atoms with Crippen LogP contribution in [-0.2, 0) is 6.42 Å². The Morgan fingerprint density at radius 3 is 2.79 bits per heavy atom. The molecule has 0 aliphatic carbocycles. The van der Waals surface area contributed by atoms with Crippen molar-refractivity contribution in [1.29, 1.82) is 0 Å². The Kier molecular flexibility index (Phi) is 2.16. The zero-order valence-corrected chi connectivity index (χ0v) is 10.7. The predicted octanol–water partition coefficient (Wildman–Crippen LogP) is 2.48. The van der Waals surface area contributed by atoms with Gasteiger partial charge in [-0.15, -0.1) is 0 Å². The molecule has 0 unspecified atom stereocenters. The van der Waals surface area contributed by atoms with Crippen LogP contribution in [-0.4, -0.2) is 18.3 Å². The van der Waals surface area contributed by atoms with Crippen molar-refractivity contribution in [2.24, 2.45) is 0 Å². The van der Waals surface area contributed by atoms with Crippen LogP contribution in [0.4, 0.5) is 0 Å². The monoisotopic (exact) mass is 249 g/mol. The van der Waals surface area contributed by atoms with E-state index in [1.54, 1.807) is 25.7 Å². The van der Waals surface area contributed by atoms with Crippen molar-refractivity contribution in [3.05, 3.63) is 24.0 Å². The van der Waals surface area contributed by atoms with Gasteiger partial charge in [0, 0.05) is 0 Å². The zero-order chi connectivity index (χ0) is 9.43. The van der Waals surface area contributed by atoms with E-state index >= 15 is 0 Å². The number of hydrogen-bond donors (Lipinski definition) is 0. The van der Waals surface area contributed by atoms with Crippen LogP contribution in [0.1, 0.15) is 24.8 Å². The summed E-state index contributed by atoms with van der Waals surface area (Å²) in [6, 6.07) is 2.27. The second-order valence-electron chi connectivity index (χ2n) is 4.87. The zero-order valence-electron chi connectivity index (χ0n) is 8.63. The van der Waals surface area contributed by atoms with E-state index in [9.17, 15) is 0 Å². The second-order valence-corrected chi connectivity index (χ2v) is 14.5. The first kappa shape index (κ1) is 8.96. The summed E-state index contributed by atoms with van der Waals surface area (Å²) in [7, 11) is 0. The third-order valence-corrected chi connectivity index (χ3v) is 15.5. The van der Waals surface area contributed by atoms with Gasteiger partial charge < -0.3 is 0 Å². The first-order valence-electron chi connectivity index (χ1n) is 5.84. The van der Waals surface area contributed by atoms with Gasteiger partial charge in [-0.05, 0) is 0 Å². The van der Waals surface area contributed by atoms with Crippen LogP contribution < -0.4 is 4.40 Å². The molecule has 14 heavy (non-hydrogen) atoms. The van der Waals surface area contributed by atoms with Crippen LogP contribution in [0.15, 0.2) is 18.5 Å². The van der Waals surface area contributed by atoms with Crippen molar-refractivity contribution in [3.8, 4) is 0 Å². The molecule has 2 aliphatic rings. The average Bonchev–Trinajstić information content (AvgIpc) is 2.60. The van der Waals surface area contributed by atoms with E-state index in [1.165, 1.54) is 25.7 Å². The van der Waals surface area contributed by atoms with Gasteiger partial charge in [0.2, 0.25) is 0 Å². The molecule has 0 bridgehead atoms. The van der Waals surface area contributed by atoms with E-state index in [-0.39, 0.29) is 0 Å². The van der Waals surface area contributed by atoms with Crippen LogP contribution in [0.5, 0.6) is 0 Å². The van der Waals surface area contributed by atoms with Crippen molar-refractivity contribution in [1.82, 2.24) is 4.98 Å². The van der Waals surface area contributed by atoms with Gasteiger partial charge in [-0.25, -0.2) is 0 Å². The molecule has 0 amide bonds. The van der Waals surface area contributed by atoms with Crippen LogP contribution >= 0.6 is 0 Å². The fourth-order valence-corrected chi connectivity index (χ4v) is 14.7. The molecular weight excluding hydrogens is 231 g/mol.